The number of esters is 1. The number of carbonyl (C=O) groups excluding carboxylic acids is 1. The van der Waals surface area contributed by atoms with Gasteiger partial charge in [0.15, 0.2) is 0 Å². The number of hydrogen-bond donors (Lipinski definition) is 0. The maximum absolute atomic E-state index is 11.6. The fourth-order valence-corrected chi connectivity index (χ4v) is 3.09. The molecule has 1 aliphatic heterocycles. The zero-order valence-corrected chi connectivity index (χ0v) is 13.8. The Balaban J connectivity index is 2.02. The molecular weight excluding hydrogens is 282 g/mol. The first-order chi connectivity index (χ1) is 10.6. The van der Waals surface area contributed by atoms with E-state index in [1.807, 2.05) is 25.1 Å². The van der Waals surface area contributed by atoms with Gasteiger partial charge in [-0.3, -0.25) is 4.79 Å². The third kappa shape index (κ3) is 3.64. The van der Waals surface area contributed by atoms with Gasteiger partial charge in [0.05, 0.1) is 32.9 Å². The Morgan fingerprint density at radius 2 is 2.09 bits per heavy atom. The molecule has 0 amide bonds. The molecule has 0 bridgehead atoms. The first kappa shape index (κ1) is 16.5. The van der Waals surface area contributed by atoms with Crippen LogP contribution in [0.25, 0.3) is 0 Å². The molecule has 0 aliphatic carbocycles. The minimum absolute atomic E-state index is 0.0484. The van der Waals surface area contributed by atoms with Crippen LogP contribution in [-0.4, -0.2) is 40.4 Å². The van der Waals surface area contributed by atoms with Gasteiger partial charge >= 0.3 is 5.97 Å². The second-order valence-corrected chi connectivity index (χ2v) is 5.80. The maximum Gasteiger partial charge on any atom is 0.308 e. The first-order valence-electron chi connectivity index (χ1n) is 7.63. The smallest absolute Gasteiger partial charge is 0.308 e. The summed E-state index contributed by atoms with van der Waals surface area (Å²) in [5.74, 6) is 1.94. The second kappa shape index (κ2) is 7.38. The molecule has 1 saturated heterocycles. The maximum atomic E-state index is 11.6. The molecule has 0 aromatic heterocycles. The van der Waals surface area contributed by atoms with Crippen molar-refractivity contribution >= 4 is 11.7 Å². The van der Waals surface area contributed by atoms with Crippen LogP contribution in [0.2, 0.25) is 0 Å². The van der Waals surface area contributed by atoms with E-state index in [2.05, 4.69) is 4.90 Å². The predicted molar refractivity (Wildman–Crippen MR) is 85.7 cm³/mol. The Morgan fingerprint density at radius 1 is 1.32 bits per heavy atom. The largest absolute Gasteiger partial charge is 0.497 e. The Bertz CT molecular complexity index is 517. The molecule has 2 rings (SSSR count). The lowest BCUT2D eigenvalue weighted by molar-refractivity contribution is -0.145. The molecule has 5 heteroatoms. The predicted octanol–water partition coefficient (Wildman–Crippen LogP) is 2.73. The van der Waals surface area contributed by atoms with Crippen molar-refractivity contribution in [1.29, 1.82) is 0 Å². The number of carbonyl (C=O) groups is 1. The van der Waals surface area contributed by atoms with Crippen LogP contribution in [-0.2, 0) is 9.53 Å². The fraction of sp³-hybridized carbons (Fsp3) is 0.588. The third-order valence-electron chi connectivity index (χ3n) is 4.30. The second-order valence-electron chi connectivity index (χ2n) is 5.80. The Kier molecular flexibility index (Phi) is 5.52. The van der Waals surface area contributed by atoms with E-state index in [0.29, 0.717) is 5.92 Å². The van der Waals surface area contributed by atoms with Crippen LogP contribution in [0.3, 0.4) is 0 Å². The Hall–Kier alpha value is -1.91. The van der Waals surface area contributed by atoms with Gasteiger partial charge in [0.1, 0.15) is 11.5 Å². The normalized spacial score (nSPS) is 18.9. The summed E-state index contributed by atoms with van der Waals surface area (Å²) in [5, 5.41) is 0. The molecule has 122 valence electrons. The molecule has 22 heavy (non-hydrogen) atoms. The van der Waals surface area contributed by atoms with Gasteiger partial charge < -0.3 is 19.1 Å². The number of hydrogen-bond acceptors (Lipinski definition) is 5. The molecule has 0 spiro atoms. The van der Waals surface area contributed by atoms with Crippen LogP contribution in [0.1, 0.15) is 19.8 Å². The topological polar surface area (TPSA) is 48.0 Å². The van der Waals surface area contributed by atoms with Gasteiger partial charge in [0, 0.05) is 19.2 Å². The zero-order chi connectivity index (χ0) is 16.1. The minimum atomic E-state index is -0.125. The van der Waals surface area contributed by atoms with Crippen molar-refractivity contribution in [3.8, 4) is 11.5 Å². The van der Waals surface area contributed by atoms with Gasteiger partial charge in [-0.1, -0.05) is 6.92 Å². The SMILES string of the molecule is COC(=O)C(C)CC1CCN(c2ccc(OC)cc2OC)C1. The lowest BCUT2D eigenvalue weighted by atomic mass is 9.95. The van der Waals surface area contributed by atoms with E-state index in [1.54, 1.807) is 14.2 Å². The quantitative estimate of drug-likeness (QED) is 0.756. The molecule has 0 radical (unpaired) electrons. The van der Waals surface area contributed by atoms with E-state index in [1.165, 1.54) is 7.11 Å². The van der Waals surface area contributed by atoms with Crippen molar-refractivity contribution in [2.75, 3.05) is 39.3 Å². The van der Waals surface area contributed by atoms with E-state index in [0.717, 1.165) is 43.1 Å². The number of anilines is 1. The highest BCUT2D eigenvalue weighted by atomic mass is 16.5. The molecule has 0 N–H and O–H groups in total. The van der Waals surface area contributed by atoms with Gasteiger partial charge in [-0.2, -0.15) is 0 Å². The van der Waals surface area contributed by atoms with Crippen LogP contribution < -0.4 is 14.4 Å². The molecule has 1 aliphatic rings. The highest BCUT2D eigenvalue weighted by Gasteiger charge is 2.28. The molecule has 2 unspecified atom stereocenters. The first-order valence-corrected chi connectivity index (χ1v) is 7.63. The highest BCUT2D eigenvalue weighted by molar-refractivity contribution is 5.71. The van der Waals surface area contributed by atoms with E-state index in [-0.39, 0.29) is 11.9 Å². The summed E-state index contributed by atoms with van der Waals surface area (Å²) < 4.78 is 15.5. The van der Waals surface area contributed by atoms with Crippen LogP contribution >= 0.6 is 0 Å². The van der Waals surface area contributed by atoms with E-state index in [4.69, 9.17) is 14.2 Å². The van der Waals surface area contributed by atoms with Crippen molar-refractivity contribution in [1.82, 2.24) is 0 Å². The summed E-state index contributed by atoms with van der Waals surface area (Å²) in [6.07, 6.45) is 1.94. The summed E-state index contributed by atoms with van der Waals surface area (Å²) >= 11 is 0. The standard InChI is InChI=1S/C17H25NO4/c1-12(17(19)22-4)9-13-7-8-18(11-13)15-6-5-14(20-2)10-16(15)21-3/h5-6,10,12-13H,7-9,11H2,1-4H3. The van der Waals surface area contributed by atoms with Crippen LogP contribution in [0, 0.1) is 11.8 Å². The van der Waals surface area contributed by atoms with E-state index < -0.39 is 0 Å². The minimum Gasteiger partial charge on any atom is -0.497 e. The van der Waals surface area contributed by atoms with Crippen LogP contribution in [0.4, 0.5) is 5.69 Å². The van der Waals surface area contributed by atoms with Crippen molar-refractivity contribution in [3.05, 3.63) is 18.2 Å². The number of methoxy groups -OCH3 is 3. The molecule has 1 aromatic carbocycles. The highest BCUT2D eigenvalue weighted by Crippen LogP contribution is 2.36. The van der Waals surface area contributed by atoms with Gasteiger partial charge in [-0.15, -0.1) is 0 Å². The van der Waals surface area contributed by atoms with Gasteiger partial charge in [0.2, 0.25) is 0 Å². The lowest BCUT2D eigenvalue weighted by Crippen LogP contribution is -2.22. The molecule has 1 heterocycles. The van der Waals surface area contributed by atoms with Crippen molar-refractivity contribution < 1.29 is 19.0 Å². The van der Waals surface area contributed by atoms with E-state index >= 15 is 0 Å². The van der Waals surface area contributed by atoms with Crippen molar-refractivity contribution in [2.24, 2.45) is 11.8 Å². The average Bonchev–Trinajstić information content (AvgIpc) is 3.01. The summed E-state index contributed by atoms with van der Waals surface area (Å²) in [7, 11) is 4.77. The Labute approximate surface area is 132 Å². The summed E-state index contributed by atoms with van der Waals surface area (Å²) in [5.41, 5.74) is 1.08. The monoisotopic (exact) mass is 307 g/mol. The fourth-order valence-electron chi connectivity index (χ4n) is 3.09. The number of nitrogens with zero attached hydrogens (tertiary/aromatic N) is 1. The molecule has 1 aromatic rings. The van der Waals surface area contributed by atoms with Crippen LogP contribution in [0.5, 0.6) is 11.5 Å². The zero-order valence-electron chi connectivity index (χ0n) is 13.8. The van der Waals surface area contributed by atoms with Gasteiger partial charge in [-0.25, -0.2) is 0 Å². The summed E-state index contributed by atoms with van der Waals surface area (Å²) in [4.78, 5) is 13.9. The molecule has 2 atom stereocenters. The van der Waals surface area contributed by atoms with Crippen molar-refractivity contribution in [3.63, 3.8) is 0 Å². The third-order valence-corrected chi connectivity index (χ3v) is 4.30. The Morgan fingerprint density at radius 3 is 2.73 bits per heavy atom. The van der Waals surface area contributed by atoms with Gasteiger partial charge in [-0.05, 0) is 30.9 Å². The lowest BCUT2D eigenvalue weighted by Gasteiger charge is -2.22. The molecule has 5 nitrogen and oxygen atoms in total. The number of rotatable bonds is 6. The van der Waals surface area contributed by atoms with Gasteiger partial charge in [0.25, 0.3) is 0 Å². The van der Waals surface area contributed by atoms with E-state index in [9.17, 15) is 4.79 Å². The summed E-state index contributed by atoms with van der Waals surface area (Å²) in [6.45, 7) is 3.84. The summed E-state index contributed by atoms with van der Waals surface area (Å²) in [6, 6.07) is 5.88. The number of benzene rings is 1. The van der Waals surface area contributed by atoms with Crippen LogP contribution in [0.15, 0.2) is 18.2 Å². The van der Waals surface area contributed by atoms with Crippen molar-refractivity contribution in [2.45, 2.75) is 19.8 Å². The number of ether oxygens (including phenoxy) is 3. The molecule has 1 fully saturated rings. The molecule has 0 saturated carbocycles. The average molecular weight is 307 g/mol. The molecular formula is C17H25NO4.